The number of nitro groups is 1. The average Bonchev–Trinajstić information content (AvgIpc) is 3.20. The Balaban J connectivity index is 1.75. The number of hydrogen-bond acceptors (Lipinski definition) is 9. The van der Waals surface area contributed by atoms with Gasteiger partial charge in [-0.1, -0.05) is 38.4 Å². The van der Waals surface area contributed by atoms with Crippen molar-refractivity contribution in [1.82, 2.24) is 14.5 Å². The number of benzene rings is 2. The Morgan fingerprint density at radius 1 is 1.19 bits per heavy atom. The lowest BCUT2D eigenvalue weighted by atomic mass is 9.91. The minimum atomic E-state index is -0.752. The van der Waals surface area contributed by atoms with E-state index in [9.17, 15) is 28.9 Å². The second-order valence-corrected chi connectivity index (χ2v) is 12.4. The van der Waals surface area contributed by atoms with Crippen molar-refractivity contribution in [3.8, 4) is 0 Å². The number of carbonyl (C=O) groups excluding carboxylic acids is 2. The standard InChI is InChI=1S/C28H23ClFN5O5S2/c1-28(2,3)23(36)14-25-34(15-24(37)33-17-6-7-19(30)18(29)13-17)26(38)22(41-25)12-16-5-8-21(20(11-16)35(39)40)42-27-31-9-4-10-32-27/h4-14H,15H2,1-3H3,(H,33,37)/b22-12-,25-14+. The molecular weight excluding hydrogens is 605 g/mol. The first-order chi connectivity index (χ1) is 19.8. The number of anilines is 1. The van der Waals surface area contributed by atoms with E-state index in [1.54, 1.807) is 32.9 Å². The van der Waals surface area contributed by atoms with Crippen LogP contribution in [0.2, 0.25) is 5.02 Å². The molecule has 4 rings (SSSR count). The van der Waals surface area contributed by atoms with Crippen molar-refractivity contribution in [1.29, 1.82) is 0 Å². The minimum Gasteiger partial charge on any atom is -0.324 e. The van der Waals surface area contributed by atoms with Crippen LogP contribution in [-0.2, 0) is 16.1 Å². The number of aromatic nitrogens is 3. The van der Waals surface area contributed by atoms with E-state index in [1.807, 2.05) is 0 Å². The number of ketones is 1. The molecule has 0 spiro atoms. The van der Waals surface area contributed by atoms with E-state index >= 15 is 0 Å². The minimum absolute atomic E-state index is 0.154. The first-order valence-corrected chi connectivity index (χ1v) is 14.3. The highest BCUT2D eigenvalue weighted by molar-refractivity contribution is 7.99. The zero-order chi connectivity index (χ0) is 30.6. The number of amides is 1. The Kier molecular flexibility index (Phi) is 9.34. The molecule has 0 saturated heterocycles. The molecule has 0 fully saturated rings. The van der Waals surface area contributed by atoms with Gasteiger partial charge in [-0.2, -0.15) is 0 Å². The maximum Gasteiger partial charge on any atom is 0.283 e. The molecule has 0 bridgehead atoms. The van der Waals surface area contributed by atoms with Gasteiger partial charge in [-0.05, 0) is 53.7 Å². The third-order valence-corrected chi connectivity index (χ3v) is 7.96. The number of hydrogen-bond donors (Lipinski definition) is 1. The smallest absolute Gasteiger partial charge is 0.283 e. The van der Waals surface area contributed by atoms with Crippen LogP contribution in [0.25, 0.3) is 12.2 Å². The summed E-state index contributed by atoms with van der Waals surface area (Å²) in [6.45, 7) is 4.71. The topological polar surface area (TPSA) is 137 Å². The third kappa shape index (κ3) is 7.55. The summed E-state index contributed by atoms with van der Waals surface area (Å²) in [6, 6.07) is 9.75. The van der Waals surface area contributed by atoms with Gasteiger partial charge in [0.25, 0.3) is 11.2 Å². The number of nitro benzene ring substituents is 1. The third-order valence-electron chi connectivity index (χ3n) is 5.66. The lowest BCUT2D eigenvalue weighted by Gasteiger charge is -2.13. The van der Waals surface area contributed by atoms with Crippen LogP contribution in [-0.4, -0.2) is 31.1 Å². The lowest BCUT2D eigenvalue weighted by molar-refractivity contribution is -0.387. The van der Waals surface area contributed by atoms with Crippen LogP contribution in [0.3, 0.4) is 0 Å². The molecule has 2 heterocycles. The summed E-state index contributed by atoms with van der Waals surface area (Å²) in [6.07, 6.45) is 5.81. The summed E-state index contributed by atoms with van der Waals surface area (Å²) in [5.74, 6) is -1.53. The molecule has 2 aromatic carbocycles. The summed E-state index contributed by atoms with van der Waals surface area (Å²) in [7, 11) is 0. The molecule has 0 saturated carbocycles. The van der Waals surface area contributed by atoms with Crippen molar-refractivity contribution >= 4 is 69.9 Å². The molecular formula is C28H23ClFN5O5S2. The van der Waals surface area contributed by atoms with Crippen molar-refractivity contribution in [2.45, 2.75) is 37.4 Å². The summed E-state index contributed by atoms with van der Waals surface area (Å²) in [5.41, 5.74) is -0.934. The van der Waals surface area contributed by atoms with E-state index < -0.39 is 34.2 Å². The van der Waals surface area contributed by atoms with Gasteiger partial charge < -0.3 is 5.32 Å². The molecule has 10 nitrogen and oxygen atoms in total. The first-order valence-electron chi connectivity index (χ1n) is 12.3. The van der Waals surface area contributed by atoms with Crippen LogP contribution >= 0.6 is 34.7 Å². The quantitative estimate of drug-likeness (QED) is 0.172. The molecule has 0 aliphatic carbocycles. The van der Waals surface area contributed by atoms with Crippen molar-refractivity contribution in [3.63, 3.8) is 0 Å². The van der Waals surface area contributed by atoms with E-state index in [-0.39, 0.29) is 31.4 Å². The number of Topliss-reactive ketones (excluding diaryl/α,β-unsaturated/α-hetero) is 1. The van der Waals surface area contributed by atoms with Crippen LogP contribution in [0, 0.1) is 21.3 Å². The van der Waals surface area contributed by atoms with E-state index in [2.05, 4.69) is 15.3 Å². The average molecular weight is 628 g/mol. The summed E-state index contributed by atoms with van der Waals surface area (Å²) < 4.78 is 15.0. The number of thiazole rings is 1. The summed E-state index contributed by atoms with van der Waals surface area (Å²) >= 11 is 7.79. The Labute approximate surface area is 251 Å². The molecule has 1 N–H and O–H groups in total. The molecule has 0 aliphatic rings. The molecule has 0 aliphatic heterocycles. The Bertz CT molecular complexity index is 1870. The predicted octanol–water partition coefficient (Wildman–Crippen LogP) is 4.41. The second kappa shape index (κ2) is 12.8. The number of nitrogens with zero attached hydrogens (tertiary/aromatic N) is 4. The Hall–Kier alpha value is -4.20. The molecule has 0 unspecified atom stereocenters. The van der Waals surface area contributed by atoms with Gasteiger partial charge in [-0.25, -0.2) is 14.4 Å². The van der Waals surface area contributed by atoms with E-state index in [1.165, 1.54) is 48.8 Å². The number of carbonyl (C=O) groups is 2. The largest absolute Gasteiger partial charge is 0.324 e. The molecule has 1 amide bonds. The van der Waals surface area contributed by atoms with Gasteiger partial charge in [0.2, 0.25) is 5.91 Å². The van der Waals surface area contributed by atoms with Crippen molar-refractivity contribution in [2.75, 3.05) is 5.32 Å². The maximum absolute atomic E-state index is 13.5. The van der Waals surface area contributed by atoms with Crippen LogP contribution in [0.5, 0.6) is 0 Å². The number of nitrogens with one attached hydrogen (secondary N) is 1. The lowest BCUT2D eigenvalue weighted by Crippen LogP contribution is -2.36. The first kappa shape index (κ1) is 30.8. The van der Waals surface area contributed by atoms with E-state index in [0.29, 0.717) is 15.6 Å². The zero-order valence-electron chi connectivity index (χ0n) is 22.5. The van der Waals surface area contributed by atoms with E-state index in [0.717, 1.165) is 33.7 Å². The summed E-state index contributed by atoms with van der Waals surface area (Å²) in [4.78, 5) is 58.9. The van der Waals surface area contributed by atoms with Crippen LogP contribution in [0.4, 0.5) is 15.8 Å². The van der Waals surface area contributed by atoms with Crippen LogP contribution in [0.1, 0.15) is 26.3 Å². The highest BCUT2D eigenvalue weighted by Crippen LogP contribution is 2.33. The van der Waals surface area contributed by atoms with Gasteiger partial charge in [-0.15, -0.1) is 11.3 Å². The fraction of sp³-hybridized carbons (Fsp3) is 0.179. The molecule has 0 atom stereocenters. The number of halogens is 2. The predicted molar refractivity (Wildman–Crippen MR) is 160 cm³/mol. The number of rotatable bonds is 8. The fourth-order valence-corrected chi connectivity index (χ4v) is 5.50. The SMILES string of the molecule is CC(C)(C)C(=O)/C=c1/s/c(=C\c2ccc(Sc3ncccn3)c([N+](=O)[O-])c2)c(=O)n1CC(=O)Nc1ccc(F)c(Cl)c1. The van der Waals surface area contributed by atoms with Crippen molar-refractivity contribution in [3.05, 3.63) is 101 Å². The van der Waals surface area contributed by atoms with Gasteiger partial charge >= 0.3 is 0 Å². The highest BCUT2D eigenvalue weighted by Gasteiger charge is 2.21. The molecule has 14 heteroatoms. The Morgan fingerprint density at radius 3 is 2.55 bits per heavy atom. The van der Waals surface area contributed by atoms with Crippen LogP contribution < -0.4 is 20.1 Å². The second-order valence-electron chi connectivity index (χ2n) is 9.89. The van der Waals surface area contributed by atoms with Gasteiger partial charge in [0, 0.05) is 35.6 Å². The molecule has 4 aromatic rings. The van der Waals surface area contributed by atoms with Gasteiger partial charge in [-0.3, -0.25) is 29.1 Å². The molecule has 216 valence electrons. The maximum atomic E-state index is 13.5. The van der Waals surface area contributed by atoms with Crippen LogP contribution in [0.15, 0.2) is 69.7 Å². The molecule has 42 heavy (non-hydrogen) atoms. The molecule has 0 radical (unpaired) electrons. The van der Waals surface area contributed by atoms with Gasteiger partial charge in [0.15, 0.2) is 10.9 Å². The van der Waals surface area contributed by atoms with Crippen molar-refractivity contribution in [2.24, 2.45) is 5.41 Å². The fourth-order valence-electron chi connectivity index (χ4n) is 3.48. The normalized spacial score (nSPS) is 12.4. The summed E-state index contributed by atoms with van der Waals surface area (Å²) in [5, 5.41) is 14.5. The molecule has 2 aromatic heterocycles. The van der Waals surface area contributed by atoms with Gasteiger partial charge in [0.1, 0.15) is 17.0 Å². The zero-order valence-corrected chi connectivity index (χ0v) is 24.8. The highest BCUT2D eigenvalue weighted by atomic mass is 35.5. The van der Waals surface area contributed by atoms with Crippen molar-refractivity contribution < 1.29 is 18.9 Å². The van der Waals surface area contributed by atoms with Gasteiger partial charge in [0.05, 0.1) is 19.4 Å². The Morgan fingerprint density at radius 2 is 1.90 bits per heavy atom. The monoisotopic (exact) mass is 627 g/mol. The van der Waals surface area contributed by atoms with E-state index in [4.69, 9.17) is 11.6 Å².